The van der Waals surface area contributed by atoms with Crippen LogP contribution in [0.15, 0.2) is 65.8 Å². The minimum absolute atomic E-state index is 0.0362. The molecule has 0 bridgehead atoms. The molecule has 25 heavy (non-hydrogen) atoms. The maximum atomic E-state index is 12.4. The summed E-state index contributed by atoms with van der Waals surface area (Å²) in [5.41, 5.74) is 0.747. The van der Waals surface area contributed by atoms with E-state index in [0.717, 1.165) is 15.2 Å². The number of hydrogen-bond acceptors (Lipinski definition) is 5. The van der Waals surface area contributed by atoms with E-state index in [0.29, 0.717) is 5.82 Å². The maximum absolute atomic E-state index is 12.4. The summed E-state index contributed by atoms with van der Waals surface area (Å²) in [6, 6.07) is 14.0. The van der Waals surface area contributed by atoms with E-state index in [1.54, 1.807) is 6.07 Å². The molecule has 0 aliphatic carbocycles. The van der Waals surface area contributed by atoms with E-state index >= 15 is 0 Å². The van der Waals surface area contributed by atoms with Gasteiger partial charge < -0.3 is 5.32 Å². The van der Waals surface area contributed by atoms with Gasteiger partial charge in [0.1, 0.15) is 10.7 Å². The molecule has 7 nitrogen and oxygen atoms in total. The number of carbonyl (C=O) groups is 1. The summed E-state index contributed by atoms with van der Waals surface area (Å²) in [4.78, 5) is 20.3. The third kappa shape index (κ3) is 3.81. The first kappa shape index (κ1) is 17.0. The first-order valence-corrected chi connectivity index (χ1v) is 8.93. The molecule has 3 aromatic rings. The van der Waals surface area contributed by atoms with E-state index in [2.05, 4.69) is 15.3 Å². The van der Waals surface area contributed by atoms with Gasteiger partial charge in [-0.2, -0.15) is 4.31 Å². The Bertz CT molecular complexity index is 1010. The summed E-state index contributed by atoms with van der Waals surface area (Å²) < 4.78 is 25.7. The van der Waals surface area contributed by atoms with Gasteiger partial charge in [-0.1, -0.05) is 18.2 Å². The summed E-state index contributed by atoms with van der Waals surface area (Å²) in [6.45, 7) is -0.328. The van der Waals surface area contributed by atoms with Crippen LogP contribution >= 0.6 is 0 Å². The normalized spacial score (nSPS) is 11.6. The van der Waals surface area contributed by atoms with Crippen molar-refractivity contribution in [2.24, 2.45) is 0 Å². The standard InChI is InChI=1S/C17H16N4O3S/c1-21(25(23,24)14-6-4-10-18-11-14)12-17(22)20-16-9-8-13-5-2-3-7-15(13)19-16/h2-11H,12H2,1H3,(H,19,20,22). The first-order valence-electron chi connectivity index (χ1n) is 7.49. The highest BCUT2D eigenvalue weighted by molar-refractivity contribution is 7.89. The zero-order valence-electron chi connectivity index (χ0n) is 13.5. The number of likely N-dealkylation sites (N-methyl/N-ethyl adjacent to an activating group) is 1. The van der Waals surface area contributed by atoms with Gasteiger partial charge in [0, 0.05) is 24.8 Å². The van der Waals surface area contributed by atoms with E-state index in [-0.39, 0.29) is 11.4 Å². The van der Waals surface area contributed by atoms with Crippen LogP contribution in [0, 0.1) is 0 Å². The van der Waals surface area contributed by atoms with Gasteiger partial charge in [-0.05, 0) is 30.3 Å². The summed E-state index contributed by atoms with van der Waals surface area (Å²) in [5, 5.41) is 3.57. The quantitative estimate of drug-likeness (QED) is 0.754. The molecule has 0 aliphatic heterocycles. The fourth-order valence-electron chi connectivity index (χ4n) is 2.28. The van der Waals surface area contributed by atoms with E-state index in [4.69, 9.17) is 0 Å². The Morgan fingerprint density at radius 2 is 1.92 bits per heavy atom. The molecule has 0 unspecified atom stereocenters. The van der Waals surface area contributed by atoms with Crippen LogP contribution in [0.5, 0.6) is 0 Å². The number of sulfonamides is 1. The minimum Gasteiger partial charge on any atom is -0.310 e. The Balaban J connectivity index is 1.71. The van der Waals surface area contributed by atoms with Gasteiger partial charge >= 0.3 is 0 Å². The molecule has 0 radical (unpaired) electrons. The SMILES string of the molecule is CN(CC(=O)Nc1ccc2ccccc2n1)S(=O)(=O)c1cccnc1. The number of para-hydroxylation sites is 1. The lowest BCUT2D eigenvalue weighted by Gasteiger charge is -2.16. The Kier molecular flexibility index (Phi) is 4.73. The van der Waals surface area contributed by atoms with Gasteiger partial charge in [0.25, 0.3) is 0 Å². The van der Waals surface area contributed by atoms with Gasteiger partial charge in [-0.15, -0.1) is 0 Å². The molecule has 0 saturated carbocycles. The van der Waals surface area contributed by atoms with E-state index < -0.39 is 15.9 Å². The minimum atomic E-state index is -3.77. The Morgan fingerprint density at radius 1 is 1.12 bits per heavy atom. The number of fused-ring (bicyclic) bond motifs is 1. The summed E-state index contributed by atoms with van der Waals surface area (Å²) in [7, 11) is -2.43. The maximum Gasteiger partial charge on any atom is 0.244 e. The number of hydrogen-bond donors (Lipinski definition) is 1. The molecule has 0 spiro atoms. The van der Waals surface area contributed by atoms with Crippen molar-refractivity contribution in [3.8, 4) is 0 Å². The van der Waals surface area contributed by atoms with Gasteiger partial charge in [-0.25, -0.2) is 13.4 Å². The zero-order chi connectivity index (χ0) is 17.9. The molecule has 1 N–H and O–H groups in total. The van der Waals surface area contributed by atoms with Gasteiger partial charge in [0.05, 0.1) is 12.1 Å². The van der Waals surface area contributed by atoms with Crippen LogP contribution in [0.2, 0.25) is 0 Å². The van der Waals surface area contributed by atoms with Gasteiger partial charge in [0.2, 0.25) is 15.9 Å². The molecule has 3 rings (SSSR count). The molecular weight excluding hydrogens is 340 g/mol. The van der Waals surface area contributed by atoms with Crippen LogP contribution in [0.25, 0.3) is 10.9 Å². The van der Waals surface area contributed by atoms with Crippen LogP contribution in [0.3, 0.4) is 0 Å². The van der Waals surface area contributed by atoms with Crippen LogP contribution in [0.4, 0.5) is 5.82 Å². The Labute approximate surface area is 145 Å². The molecule has 8 heteroatoms. The second-order valence-electron chi connectivity index (χ2n) is 5.39. The predicted octanol–water partition coefficient (Wildman–Crippen LogP) is 1.89. The number of nitrogens with zero attached hydrogens (tertiary/aromatic N) is 3. The van der Waals surface area contributed by atoms with Crippen molar-refractivity contribution in [1.82, 2.24) is 14.3 Å². The molecule has 2 aromatic heterocycles. The molecule has 0 fully saturated rings. The number of benzene rings is 1. The molecule has 128 valence electrons. The highest BCUT2D eigenvalue weighted by Gasteiger charge is 2.23. The van der Waals surface area contributed by atoms with Crippen LogP contribution in [-0.2, 0) is 14.8 Å². The third-order valence-corrected chi connectivity index (χ3v) is 5.36. The zero-order valence-corrected chi connectivity index (χ0v) is 14.3. The Morgan fingerprint density at radius 3 is 2.68 bits per heavy atom. The second-order valence-corrected chi connectivity index (χ2v) is 7.43. The van der Waals surface area contributed by atoms with Crippen LogP contribution in [-0.4, -0.2) is 42.2 Å². The molecule has 0 aliphatic rings. The third-order valence-electron chi connectivity index (χ3n) is 3.57. The van der Waals surface area contributed by atoms with Crippen molar-refractivity contribution in [3.05, 3.63) is 60.9 Å². The monoisotopic (exact) mass is 356 g/mol. The number of pyridine rings is 2. The second kappa shape index (κ2) is 6.96. The highest BCUT2D eigenvalue weighted by atomic mass is 32.2. The fraction of sp³-hybridized carbons (Fsp3) is 0.118. The lowest BCUT2D eigenvalue weighted by atomic mass is 10.2. The van der Waals surface area contributed by atoms with Crippen molar-refractivity contribution in [2.75, 3.05) is 18.9 Å². The number of nitrogens with one attached hydrogen (secondary N) is 1. The van der Waals surface area contributed by atoms with Crippen molar-refractivity contribution in [3.63, 3.8) is 0 Å². The van der Waals surface area contributed by atoms with E-state index in [9.17, 15) is 13.2 Å². The molecular formula is C17H16N4O3S. The number of amides is 1. The Hall–Kier alpha value is -2.84. The molecule has 1 aromatic carbocycles. The largest absolute Gasteiger partial charge is 0.310 e. The van der Waals surface area contributed by atoms with Crippen molar-refractivity contribution in [1.29, 1.82) is 0 Å². The number of aromatic nitrogens is 2. The van der Waals surface area contributed by atoms with Crippen molar-refractivity contribution >= 4 is 32.7 Å². The summed E-state index contributed by atoms with van der Waals surface area (Å²) in [5.74, 6) is -0.103. The van der Waals surface area contributed by atoms with Crippen LogP contribution < -0.4 is 5.32 Å². The van der Waals surface area contributed by atoms with Crippen LogP contribution in [0.1, 0.15) is 0 Å². The molecule has 1 amide bonds. The van der Waals surface area contributed by atoms with Crippen molar-refractivity contribution in [2.45, 2.75) is 4.90 Å². The van der Waals surface area contributed by atoms with Gasteiger partial charge in [0.15, 0.2) is 0 Å². The number of carbonyl (C=O) groups excluding carboxylic acids is 1. The summed E-state index contributed by atoms with van der Waals surface area (Å²) in [6.07, 6.45) is 2.73. The number of anilines is 1. The lowest BCUT2D eigenvalue weighted by Crippen LogP contribution is -2.35. The fourth-order valence-corrected chi connectivity index (χ4v) is 3.38. The van der Waals surface area contributed by atoms with E-state index in [1.165, 1.54) is 31.6 Å². The topological polar surface area (TPSA) is 92.3 Å². The smallest absolute Gasteiger partial charge is 0.244 e. The molecule has 0 saturated heterocycles. The lowest BCUT2D eigenvalue weighted by molar-refractivity contribution is -0.116. The first-order chi connectivity index (χ1) is 12.0. The molecule has 0 atom stereocenters. The average molecular weight is 356 g/mol. The van der Waals surface area contributed by atoms with E-state index in [1.807, 2.05) is 30.3 Å². The van der Waals surface area contributed by atoms with Crippen molar-refractivity contribution < 1.29 is 13.2 Å². The number of rotatable bonds is 5. The average Bonchev–Trinajstić information content (AvgIpc) is 2.62. The predicted molar refractivity (Wildman–Crippen MR) is 94.4 cm³/mol. The van der Waals surface area contributed by atoms with Gasteiger partial charge in [-0.3, -0.25) is 9.78 Å². The summed E-state index contributed by atoms with van der Waals surface area (Å²) >= 11 is 0. The highest BCUT2D eigenvalue weighted by Crippen LogP contribution is 2.15. The molecule has 2 heterocycles.